The molecular weight excluding hydrogens is 255 g/mol. The van der Waals surface area contributed by atoms with Crippen LogP contribution in [0, 0.1) is 0 Å². The molecular formula is C13H16Cl2N2. The predicted molar refractivity (Wildman–Crippen MR) is 73.8 cm³/mol. The Balaban J connectivity index is 2.24. The predicted octanol–water partition coefficient (Wildman–Crippen LogP) is 3.13. The van der Waals surface area contributed by atoms with Gasteiger partial charge < -0.3 is 5.32 Å². The third-order valence-electron chi connectivity index (χ3n) is 3.05. The Morgan fingerprint density at radius 1 is 1.29 bits per heavy atom. The minimum atomic E-state index is 0.168. The van der Waals surface area contributed by atoms with Gasteiger partial charge in [-0.25, -0.2) is 0 Å². The summed E-state index contributed by atoms with van der Waals surface area (Å²) in [5, 5.41) is 4.72. The molecule has 1 aromatic carbocycles. The summed E-state index contributed by atoms with van der Waals surface area (Å²) in [6.07, 6.45) is 1.94. The number of hydrogen-bond donors (Lipinski definition) is 1. The van der Waals surface area contributed by atoms with Crippen molar-refractivity contribution >= 4 is 23.2 Å². The van der Waals surface area contributed by atoms with Crippen LogP contribution < -0.4 is 5.32 Å². The molecule has 1 aliphatic rings. The molecule has 1 aliphatic heterocycles. The van der Waals surface area contributed by atoms with Crippen molar-refractivity contribution in [3.8, 4) is 0 Å². The van der Waals surface area contributed by atoms with E-state index in [9.17, 15) is 0 Å². The van der Waals surface area contributed by atoms with Gasteiger partial charge in [0, 0.05) is 36.2 Å². The Morgan fingerprint density at radius 3 is 2.59 bits per heavy atom. The highest BCUT2D eigenvalue weighted by Crippen LogP contribution is 2.30. The molecule has 0 amide bonds. The summed E-state index contributed by atoms with van der Waals surface area (Å²) in [6, 6.07) is 5.82. The molecule has 1 fully saturated rings. The number of piperazine rings is 1. The molecule has 0 radical (unpaired) electrons. The molecule has 0 saturated carbocycles. The molecule has 0 aliphatic carbocycles. The summed E-state index contributed by atoms with van der Waals surface area (Å²) in [7, 11) is 0. The molecule has 0 unspecified atom stereocenters. The van der Waals surface area contributed by atoms with E-state index >= 15 is 0 Å². The van der Waals surface area contributed by atoms with Gasteiger partial charge in [-0.3, -0.25) is 4.90 Å². The number of rotatable bonds is 3. The highest BCUT2D eigenvalue weighted by Gasteiger charge is 2.21. The van der Waals surface area contributed by atoms with Gasteiger partial charge in [0.05, 0.1) is 6.04 Å². The van der Waals surface area contributed by atoms with E-state index in [-0.39, 0.29) is 6.04 Å². The normalized spacial score (nSPS) is 18.9. The largest absolute Gasteiger partial charge is 0.314 e. The Kier molecular flexibility index (Phi) is 4.46. The molecule has 1 saturated heterocycles. The standard InChI is InChI=1S/C13H16Cl2N2/c1-2-13(17-7-5-16-6-8-17)11-4-3-10(14)9-12(11)15/h2-4,9,13,16H,1,5-8H2/t13-/m1/s1. The van der Waals surface area contributed by atoms with Gasteiger partial charge in [0.25, 0.3) is 0 Å². The molecule has 17 heavy (non-hydrogen) atoms. The molecule has 0 aromatic heterocycles. The zero-order valence-electron chi connectivity index (χ0n) is 9.63. The molecule has 1 atom stereocenters. The van der Waals surface area contributed by atoms with Crippen molar-refractivity contribution in [2.45, 2.75) is 6.04 Å². The Hall–Kier alpha value is -0.540. The first-order valence-corrected chi connectivity index (χ1v) is 6.50. The van der Waals surface area contributed by atoms with E-state index in [2.05, 4.69) is 16.8 Å². The maximum atomic E-state index is 6.25. The van der Waals surface area contributed by atoms with Crippen LogP contribution in [0.2, 0.25) is 10.0 Å². The van der Waals surface area contributed by atoms with E-state index in [4.69, 9.17) is 23.2 Å². The summed E-state index contributed by atoms with van der Waals surface area (Å²) in [4.78, 5) is 2.37. The molecule has 0 spiro atoms. The van der Waals surface area contributed by atoms with Crippen molar-refractivity contribution in [3.63, 3.8) is 0 Å². The number of hydrogen-bond acceptors (Lipinski definition) is 2. The summed E-state index contributed by atoms with van der Waals surface area (Å²) < 4.78 is 0. The minimum Gasteiger partial charge on any atom is -0.314 e. The lowest BCUT2D eigenvalue weighted by Gasteiger charge is -2.33. The molecule has 2 rings (SSSR count). The van der Waals surface area contributed by atoms with Gasteiger partial charge in [0.15, 0.2) is 0 Å². The Bertz CT molecular complexity index is 400. The average molecular weight is 271 g/mol. The Morgan fingerprint density at radius 2 is 2.00 bits per heavy atom. The fourth-order valence-corrected chi connectivity index (χ4v) is 2.69. The average Bonchev–Trinajstić information content (AvgIpc) is 2.34. The number of nitrogens with one attached hydrogen (secondary N) is 1. The van der Waals surface area contributed by atoms with Crippen LogP contribution in [-0.2, 0) is 0 Å². The molecule has 2 nitrogen and oxygen atoms in total. The lowest BCUT2D eigenvalue weighted by molar-refractivity contribution is 0.203. The maximum absolute atomic E-state index is 6.25. The van der Waals surface area contributed by atoms with Crippen molar-refractivity contribution in [2.75, 3.05) is 26.2 Å². The molecule has 1 heterocycles. The fourth-order valence-electron chi connectivity index (χ4n) is 2.17. The van der Waals surface area contributed by atoms with Crippen molar-refractivity contribution in [2.24, 2.45) is 0 Å². The summed E-state index contributed by atoms with van der Waals surface area (Å²) in [5.41, 5.74) is 1.08. The number of halogens is 2. The van der Waals surface area contributed by atoms with Gasteiger partial charge in [-0.1, -0.05) is 35.3 Å². The first-order valence-electron chi connectivity index (χ1n) is 5.74. The second-order valence-electron chi connectivity index (χ2n) is 4.13. The SMILES string of the molecule is C=C[C@H](c1ccc(Cl)cc1Cl)N1CCNCC1. The quantitative estimate of drug-likeness (QED) is 0.850. The monoisotopic (exact) mass is 270 g/mol. The summed E-state index contributed by atoms with van der Waals surface area (Å²) in [6.45, 7) is 7.96. The van der Waals surface area contributed by atoms with Crippen LogP contribution in [0.3, 0.4) is 0 Å². The van der Waals surface area contributed by atoms with Crippen molar-refractivity contribution in [1.29, 1.82) is 0 Å². The second-order valence-corrected chi connectivity index (χ2v) is 4.98. The van der Waals surface area contributed by atoms with Crippen molar-refractivity contribution in [3.05, 3.63) is 46.5 Å². The first-order chi connectivity index (χ1) is 8.22. The second kappa shape index (κ2) is 5.87. The zero-order valence-corrected chi connectivity index (χ0v) is 11.1. The fraction of sp³-hybridized carbons (Fsp3) is 0.385. The molecule has 1 aromatic rings. The molecule has 92 valence electrons. The van der Waals surface area contributed by atoms with Gasteiger partial charge in [0.1, 0.15) is 0 Å². The van der Waals surface area contributed by atoms with E-state index < -0.39 is 0 Å². The van der Waals surface area contributed by atoms with Crippen molar-refractivity contribution in [1.82, 2.24) is 10.2 Å². The van der Waals surface area contributed by atoms with E-state index in [1.54, 1.807) is 6.07 Å². The lowest BCUT2D eigenvalue weighted by Crippen LogP contribution is -2.44. The summed E-state index contributed by atoms with van der Waals surface area (Å²) in [5.74, 6) is 0. The highest BCUT2D eigenvalue weighted by molar-refractivity contribution is 6.35. The molecule has 4 heteroatoms. The zero-order chi connectivity index (χ0) is 12.3. The lowest BCUT2D eigenvalue weighted by atomic mass is 10.0. The van der Waals surface area contributed by atoms with E-state index in [1.807, 2.05) is 18.2 Å². The van der Waals surface area contributed by atoms with Crippen LogP contribution >= 0.6 is 23.2 Å². The topological polar surface area (TPSA) is 15.3 Å². The van der Waals surface area contributed by atoms with Crippen LogP contribution in [0.25, 0.3) is 0 Å². The van der Waals surface area contributed by atoms with Gasteiger partial charge in [-0.15, -0.1) is 6.58 Å². The number of nitrogens with zero attached hydrogens (tertiary/aromatic N) is 1. The maximum Gasteiger partial charge on any atom is 0.0544 e. The smallest absolute Gasteiger partial charge is 0.0544 e. The third kappa shape index (κ3) is 3.02. The summed E-state index contributed by atoms with van der Waals surface area (Å²) >= 11 is 12.2. The van der Waals surface area contributed by atoms with Crippen molar-refractivity contribution < 1.29 is 0 Å². The third-order valence-corrected chi connectivity index (χ3v) is 3.61. The first kappa shape index (κ1) is 12.9. The minimum absolute atomic E-state index is 0.168. The van der Waals surface area contributed by atoms with E-state index in [1.165, 1.54) is 0 Å². The van der Waals surface area contributed by atoms with Crippen LogP contribution in [0.5, 0.6) is 0 Å². The van der Waals surface area contributed by atoms with Gasteiger partial charge in [-0.05, 0) is 17.7 Å². The molecule has 0 bridgehead atoms. The van der Waals surface area contributed by atoms with Gasteiger partial charge in [-0.2, -0.15) is 0 Å². The number of benzene rings is 1. The van der Waals surface area contributed by atoms with Crippen LogP contribution in [-0.4, -0.2) is 31.1 Å². The van der Waals surface area contributed by atoms with Crippen LogP contribution in [0.4, 0.5) is 0 Å². The van der Waals surface area contributed by atoms with E-state index in [0.717, 1.165) is 31.7 Å². The van der Waals surface area contributed by atoms with E-state index in [0.29, 0.717) is 10.0 Å². The van der Waals surface area contributed by atoms with Crippen LogP contribution in [0.15, 0.2) is 30.9 Å². The van der Waals surface area contributed by atoms with Crippen LogP contribution in [0.1, 0.15) is 11.6 Å². The molecule has 1 N–H and O–H groups in total. The van der Waals surface area contributed by atoms with Gasteiger partial charge in [0.2, 0.25) is 0 Å². The van der Waals surface area contributed by atoms with Gasteiger partial charge >= 0.3 is 0 Å². The highest BCUT2D eigenvalue weighted by atomic mass is 35.5. The Labute approximate surface area is 112 Å².